The van der Waals surface area contributed by atoms with Crippen molar-refractivity contribution in [1.82, 2.24) is 9.62 Å². The lowest BCUT2D eigenvalue weighted by Crippen LogP contribution is -2.48. The van der Waals surface area contributed by atoms with Crippen LogP contribution in [-0.2, 0) is 10.0 Å². The molecule has 2 N–H and O–H groups in total. The van der Waals surface area contributed by atoms with Crippen LogP contribution < -0.4 is 19.7 Å². The molecule has 0 bridgehead atoms. The van der Waals surface area contributed by atoms with E-state index in [4.69, 9.17) is 4.74 Å². The Labute approximate surface area is 316 Å². The zero-order chi connectivity index (χ0) is 37.4. The van der Waals surface area contributed by atoms with Gasteiger partial charge >= 0.3 is 0 Å². The summed E-state index contributed by atoms with van der Waals surface area (Å²) in [5.74, 6) is 0.528. The maximum atomic E-state index is 13.3. The second-order valence-electron chi connectivity index (χ2n) is 11.9. The predicted molar refractivity (Wildman–Crippen MR) is 209 cm³/mol. The molecule has 0 spiro atoms. The maximum Gasteiger partial charge on any atom is 0.293 e. The number of thiophene rings is 1. The summed E-state index contributed by atoms with van der Waals surface area (Å²) in [6.07, 6.45) is 0. The van der Waals surface area contributed by atoms with E-state index in [1.165, 1.54) is 35.6 Å². The second-order valence-corrected chi connectivity index (χ2v) is 15.7. The number of benzene rings is 4. The first-order valence-corrected chi connectivity index (χ1v) is 20.2. The fourth-order valence-corrected chi connectivity index (χ4v) is 8.44. The highest BCUT2D eigenvalue weighted by atomic mass is 32.2. The lowest BCUT2D eigenvalue weighted by atomic mass is 10.1. The molecule has 1 aromatic heterocycles. The van der Waals surface area contributed by atoms with Crippen LogP contribution in [0.5, 0.6) is 5.75 Å². The molecule has 0 unspecified atom stereocenters. The Hall–Kier alpha value is -5.38. The van der Waals surface area contributed by atoms with Crippen molar-refractivity contribution in [3.63, 3.8) is 0 Å². The van der Waals surface area contributed by atoms with E-state index >= 15 is 0 Å². The van der Waals surface area contributed by atoms with Gasteiger partial charge < -0.3 is 19.9 Å². The molecule has 15 heteroatoms. The second kappa shape index (κ2) is 17.0. The molecule has 0 aliphatic carbocycles. The minimum Gasteiger partial charge on any atom is -0.494 e. The fourth-order valence-electron chi connectivity index (χ4n) is 5.77. The van der Waals surface area contributed by atoms with Crippen LogP contribution in [-0.4, -0.2) is 75.1 Å². The third kappa shape index (κ3) is 9.35. The largest absolute Gasteiger partial charge is 0.494 e. The van der Waals surface area contributed by atoms with Crippen molar-refractivity contribution in [2.45, 2.75) is 16.7 Å². The van der Waals surface area contributed by atoms with Crippen LogP contribution in [0, 0.1) is 10.1 Å². The molecule has 1 saturated heterocycles. The van der Waals surface area contributed by atoms with E-state index in [2.05, 4.69) is 10.2 Å². The highest BCUT2D eigenvalue weighted by molar-refractivity contribution is 7.99. The highest BCUT2D eigenvalue weighted by Gasteiger charge is 2.26. The summed E-state index contributed by atoms with van der Waals surface area (Å²) in [5, 5.41) is 16.8. The van der Waals surface area contributed by atoms with Crippen molar-refractivity contribution in [2.24, 2.45) is 0 Å². The SMILES string of the molecule is CCOc1cccc(-c2csc(C(=O)N3CCN(c4ccc(C(=O)NS(=O)(=O)c5ccc(NCCSc6ccccc6)c([N+](=O)[O-])c5)cc4)CC3)c2)c1. The summed E-state index contributed by atoms with van der Waals surface area (Å²) >= 11 is 3.00. The number of sulfonamides is 1. The molecule has 1 fully saturated rings. The zero-order valence-corrected chi connectivity index (χ0v) is 31.2. The van der Waals surface area contributed by atoms with E-state index in [0.717, 1.165) is 33.5 Å². The topological polar surface area (TPSA) is 151 Å². The minimum atomic E-state index is -4.42. The molecule has 1 aliphatic heterocycles. The van der Waals surface area contributed by atoms with Gasteiger partial charge in [-0.2, -0.15) is 0 Å². The van der Waals surface area contributed by atoms with Gasteiger partial charge in [-0.3, -0.25) is 19.7 Å². The molecule has 0 atom stereocenters. The normalized spacial score (nSPS) is 13.0. The van der Waals surface area contributed by atoms with Crippen molar-refractivity contribution in [2.75, 3.05) is 55.3 Å². The predicted octanol–water partition coefficient (Wildman–Crippen LogP) is 7.01. The molecule has 12 nitrogen and oxygen atoms in total. The molecule has 2 amide bonds. The molecular formula is C38H37N5O7S3. The number of ether oxygens (including phenoxy) is 1. The number of hydrogen-bond acceptors (Lipinski definition) is 11. The number of carbonyl (C=O) groups excluding carboxylic acids is 2. The number of anilines is 2. The summed E-state index contributed by atoms with van der Waals surface area (Å²) in [7, 11) is -4.42. The van der Waals surface area contributed by atoms with Crippen LogP contribution >= 0.6 is 23.1 Å². The Morgan fingerprint density at radius 1 is 0.906 bits per heavy atom. The van der Waals surface area contributed by atoms with E-state index in [-0.39, 0.29) is 17.2 Å². The number of nitro benzene ring substituents is 1. The molecule has 2 heterocycles. The maximum absolute atomic E-state index is 13.3. The number of hydrogen-bond donors (Lipinski definition) is 2. The van der Waals surface area contributed by atoms with Gasteiger partial charge in [0.2, 0.25) is 0 Å². The third-order valence-corrected chi connectivity index (χ3v) is 11.7. The van der Waals surface area contributed by atoms with Crippen LogP contribution in [0.15, 0.2) is 118 Å². The van der Waals surface area contributed by atoms with Crippen molar-refractivity contribution in [1.29, 1.82) is 0 Å². The summed E-state index contributed by atoms with van der Waals surface area (Å²) in [5.41, 5.74) is 2.64. The summed E-state index contributed by atoms with van der Waals surface area (Å²) in [6.45, 7) is 5.11. The fraction of sp³-hybridized carbons (Fsp3) is 0.211. The van der Waals surface area contributed by atoms with Crippen molar-refractivity contribution < 1.29 is 27.7 Å². The van der Waals surface area contributed by atoms with E-state index in [1.807, 2.05) is 82.6 Å². The quantitative estimate of drug-likeness (QED) is 0.0523. The van der Waals surface area contributed by atoms with Crippen molar-refractivity contribution in [3.05, 3.63) is 129 Å². The van der Waals surface area contributed by atoms with Crippen LogP contribution in [0.4, 0.5) is 17.1 Å². The first kappa shape index (κ1) is 37.4. The van der Waals surface area contributed by atoms with Gasteiger partial charge in [-0.05, 0) is 90.2 Å². The lowest BCUT2D eigenvalue weighted by Gasteiger charge is -2.36. The standard InChI is InChI=1S/C38H37N5O7S3/c1-2-50-31-8-6-7-28(23-31)29-24-36(52-26-29)38(45)42-20-18-41(19-21-42)30-13-11-27(12-14-30)37(44)40-53(48,49)33-15-16-34(35(25-33)43(46)47)39-17-22-51-32-9-4-3-5-10-32/h3-16,23-26,39H,2,17-22H2,1H3,(H,40,44). The molecule has 5 aromatic rings. The molecule has 274 valence electrons. The van der Waals surface area contributed by atoms with Crippen molar-refractivity contribution >= 4 is 62.0 Å². The van der Waals surface area contributed by atoms with Gasteiger partial charge in [-0.15, -0.1) is 23.1 Å². The number of carbonyl (C=O) groups is 2. The molecule has 4 aromatic carbocycles. The Morgan fingerprint density at radius 2 is 1.66 bits per heavy atom. The molecule has 53 heavy (non-hydrogen) atoms. The van der Waals surface area contributed by atoms with Gasteiger partial charge in [-0.25, -0.2) is 13.1 Å². The molecule has 0 radical (unpaired) electrons. The number of nitro groups is 1. The van der Waals surface area contributed by atoms with Crippen LogP contribution in [0.1, 0.15) is 27.0 Å². The summed E-state index contributed by atoms with van der Waals surface area (Å²) in [4.78, 5) is 42.7. The van der Waals surface area contributed by atoms with Gasteiger partial charge in [0.05, 0.1) is 21.3 Å². The Bertz CT molecular complexity index is 2190. The van der Waals surface area contributed by atoms with Gasteiger partial charge in [0.1, 0.15) is 11.4 Å². The van der Waals surface area contributed by atoms with Crippen LogP contribution in [0.3, 0.4) is 0 Å². The van der Waals surface area contributed by atoms with Gasteiger partial charge in [0.25, 0.3) is 27.5 Å². The summed E-state index contributed by atoms with van der Waals surface area (Å²) in [6, 6.07) is 29.4. The third-order valence-electron chi connectivity index (χ3n) is 8.48. The Kier molecular flexibility index (Phi) is 12.0. The van der Waals surface area contributed by atoms with Gasteiger partial charge in [0, 0.05) is 60.7 Å². The Balaban J connectivity index is 1.02. The average Bonchev–Trinajstić information content (AvgIpc) is 3.67. The molecule has 6 rings (SSSR count). The number of piperazine rings is 1. The van der Waals surface area contributed by atoms with Gasteiger partial charge in [-0.1, -0.05) is 30.3 Å². The molecule has 1 aliphatic rings. The van der Waals surface area contributed by atoms with Crippen LogP contribution in [0.25, 0.3) is 11.1 Å². The lowest BCUT2D eigenvalue weighted by molar-refractivity contribution is -0.384. The van der Waals surface area contributed by atoms with E-state index in [1.54, 1.807) is 23.9 Å². The van der Waals surface area contributed by atoms with E-state index in [0.29, 0.717) is 50.0 Å². The highest BCUT2D eigenvalue weighted by Crippen LogP contribution is 2.31. The first-order valence-electron chi connectivity index (χ1n) is 16.8. The number of nitrogens with one attached hydrogen (secondary N) is 2. The zero-order valence-electron chi connectivity index (χ0n) is 28.8. The Morgan fingerprint density at radius 3 is 2.38 bits per heavy atom. The number of thioether (sulfide) groups is 1. The van der Waals surface area contributed by atoms with Crippen LogP contribution in [0.2, 0.25) is 0 Å². The number of amides is 2. The first-order chi connectivity index (χ1) is 25.6. The average molecular weight is 772 g/mol. The molecule has 0 saturated carbocycles. The van der Waals surface area contributed by atoms with E-state index in [9.17, 15) is 28.1 Å². The smallest absolute Gasteiger partial charge is 0.293 e. The summed E-state index contributed by atoms with van der Waals surface area (Å²) < 4.78 is 33.9. The van der Waals surface area contributed by atoms with Gasteiger partial charge in [0.15, 0.2) is 0 Å². The monoisotopic (exact) mass is 771 g/mol. The van der Waals surface area contributed by atoms with E-state index < -0.39 is 31.4 Å². The number of rotatable bonds is 14. The van der Waals surface area contributed by atoms with Crippen molar-refractivity contribution in [3.8, 4) is 16.9 Å². The molecular weight excluding hydrogens is 735 g/mol. The minimum absolute atomic E-state index is 0.0238. The number of nitrogens with zero attached hydrogens (tertiary/aromatic N) is 3.